The van der Waals surface area contributed by atoms with Gasteiger partial charge in [0.15, 0.2) is 0 Å². The summed E-state index contributed by atoms with van der Waals surface area (Å²) in [5, 5.41) is 12.0. The summed E-state index contributed by atoms with van der Waals surface area (Å²) in [6.07, 6.45) is 3.32. The summed E-state index contributed by atoms with van der Waals surface area (Å²) >= 11 is 0. The van der Waals surface area contributed by atoms with E-state index in [1.165, 1.54) is 16.5 Å². The lowest BCUT2D eigenvalue weighted by Gasteiger charge is -2.42. The molecule has 0 bridgehead atoms. The fourth-order valence-electron chi connectivity index (χ4n) is 5.85. The largest absolute Gasteiger partial charge is 0.365 e. The Labute approximate surface area is 199 Å². The average Bonchev–Trinajstić information content (AvgIpc) is 3.08. The molecule has 3 atom stereocenters. The Morgan fingerprint density at radius 3 is 2.26 bits per heavy atom. The minimum atomic E-state index is -0.408. The third-order valence-electron chi connectivity index (χ3n) is 7.56. The zero-order chi connectivity index (χ0) is 24.0. The van der Waals surface area contributed by atoms with Gasteiger partial charge in [-0.1, -0.05) is 25.0 Å². The fourth-order valence-corrected chi connectivity index (χ4v) is 5.85. The summed E-state index contributed by atoms with van der Waals surface area (Å²) < 4.78 is 0. The van der Waals surface area contributed by atoms with E-state index in [9.17, 15) is 19.7 Å². The van der Waals surface area contributed by atoms with Gasteiger partial charge in [0.2, 0.25) is 11.8 Å². The van der Waals surface area contributed by atoms with Gasteiger partial charge >= 0.3 is 0 Å². The number of imide groups is 1. The van der Waals surface area contributed by atoms with Gasteiger partial charge in [-0.25, -0.2) is 4.90 Å². The Morgan fingerprint density at radius 1 is 0.941 bits per heavy atom. The highest BCUT2D eigenvalue weighted by atomic mass is 16.6. The minimum absolute atomic E-state index is 0.0656. The molecule has 0 N–H and O–H groups in total. The summed E-state index contributed by atoms with van der Waals surface area (Å²) in [5.74, 6) is -0.986. The van der Waals surface area contributed by atoms with Crippen LogP contribution < -0.4 is 14.7 Å². The molecule has 2 aromatic rings. The second kappa shape index (κ2) is 8.74. The number of aryl methyl sites for hydroxylation is 1. The number of benzene rings is 2. The predicted octanol–water partition coefficient (Wildman–Crippen LogP) is 4.30. The number of rotatable bonds is 4. The highest BCUT2D eigenvalue weighted by Crippen LogP contribution is 2.42. The van der Waals surface area contributed by atoms with Gasteiger partial charge in [-0.05, 0) is 56.5 Å². The van der Waals surface area contributed by atoms with Crippen LogP contribution in [0.1, 0.15) is 38.2 Å². The van der Waals surface area contributed by atoms with Crippen molar-refractivity contribution in [3.05, 3.63) is 58.1 Å². The average molecular weight is 463 g/mol. The second-order valence-electron chi connectivity index (χ2n) is 9.77. The first-order valence-electron chi connectivity index (χ1n) is 12.1. The molecule has 2 amide bonds. The summed E-state index contributed by atoms with van der Waals surface area (Å²) in [7, 11) is 0. The molecule has 1 saturated carbocycles. The number of fused-ring (bicyclic) bond motifs is 1. The van der Waals surface area contributed by atoms with Crippen molar-refractivity contribution in [1.82, 2.24) is 0 Å². The number of anilines is 3. The Morgan fingerprint density at radius 2 is 1.65 bits per heavy atom. The number of amides is 2. The van der Waals surface area contributed by atoms with Crippen LogP contribution >= 0.6 is 0 Å². The molecule has 2 aromatic carbocycles. The molecule has 0 spiro atoms. The summed E-state index contributed by atoms with van der Waals surface area (Å²) in [5.41, 5.74) is 3.13. The van der Waals surface area contributed by atoms with E-state index in [4.69, 9.17) is 0 Å². The quantitative estimate of drug-likeness (QED) is 0.383. The lowest BCUT2D eigenvalue weighted by atomic mass is 9.81. The number of nitro groups is 1. The third kappa shape index (κ3) is 3.81. The van der Waals surface area contributed by atoms with Crippen molar-refractivity contribution >= 4 is 34.6 Å². The van der Waals surface area contributed by atoms with E-state index >= 15 is 0 Å². The Hall–Kier alpha value is -3.42. The summed E-state index contributed by atoms with van der Waals surface area (Å²) in [4.78, 5) is 43.1. The van der Waals surface area contributed by atoms with Crippen LogP contribution in [0, 0.1) is 28.9 Å². The van der Waals surface area contributed by atoms with E-state index in [1.54, 1.807) is 12.1 Å². The maximum Gasteiger partial charge on any atom is 0.294 e. The van der Waals surface area contributed by atoms with Crippen LogP contribution in [0.25, 0.3) is 0 Å². The second-order valence-corrected chi connectivity index (χ2v) is 9.77. The highest BCUT2D eigenvalue weighted by molar-refractivity contribution is 6.22. The monoisotopic (exact) mass is 462 g/mol. The molecule has 0 aromatic heterocycles. The molecule has 3 aliphatic rings. The molecule has 0 radical (unpaired) electrons. The van der Waals surface area contributed by atoms with Gasteiger partial charge in [0.1, 0.15) is 5.69 Å². The lowest BCUT2D eigenvalue weighted by molar-refractivity contribution is -0.384. The molecule has 3 fully saturated rings. The van der Waals surface area contributed by atoms with Crippen molar-refractivity contribution < 1.29 is 14.5 Å². The van der Waals surface area contributed by atoms with E-state index in [0.29, 0.717) is 24.5 Å². The van der Waals surface area contributed by atoms with Gasteiger partial charge in [-0.2, -0.15) is 0 Å². The molecular formula is C26H30N4O4. The Kier molecular flexibility index (Phi) is 5.75. The minimum Gasteiger partial charge on any atom is -0.365 e. The molecule has 2 saturated heterocycles. The van der Waals surface area contributed by atoms with Gasteiger partial charge < -0.3 is 9.80 Å². The van der Waals surface area contributed by atoms with Crippen molar-refractivity contribution in [2.24, 2.45) is 11.8 Å². The van der Waals surface area contributed by atoms with E-state index in [-0.39, 0.29) is 35.4 Å². The number of nitro benzene ring substituents is 1. The molecule has 34 heavy (non-hydrogen) atoms. The van der Waals surface area contributed by atoms with Crippen LogP contribution in [0.4, 0.5) is 22.7 Å². The number of piperazine rings is 1. The lowest BCUT2D eigenvalue weighted by Crippen LogP contribution is -2.52. The smallest absolute Gasteiger partial charge is 0.294 e. The van der Waals surface area contributed by atoms with Crippen LogP contribution in [0.5, 0.6) is 0 Å². The molecule has 178 valence electrons. The first-order valence-corrected chi connectivity index (χ1v) is 12.1. The fraction of sp³-hybridized carbons (Fsp3) is 0.462. The Balaban J connectivity index is 1.40. The van der Waals surface area contributed by atoms with E-state index in [0.717, 1.165) is 37.9 Å². The number of carbonyl (C=O) groups excluding carboxylic acids is 2. The van der Waals surface area contributed by atoms with Crippen LogP contribution in [0.3, 0.4) is 0 Å². The zero-order valence-electron chi connectivity index (χ0n) is 19.6. The van der Waals surface area contributed by atoms with Gasteiger partial charge in [-0.15, -0.1) is 0 Å². The first kappa shape index (κ1) is 22.4. The third-order valence-corrected chi connectivity index (χ3v) is 7.56. The number of carbonyl (C=O) groups is 2. The maximum atomic E-state index is 13.0. The summed E-state index contributed by atoms with van der Waals surface area (Å²) in [6, 6.07) is 13.3. The van der Waals surface area contributed by atoms with E-state index < -0.39 is 4.92 Å². The molecule has 0 unspecified atom stereocenters. The normalized spacial score (nSPS) is 25.0. The van der Waals surface area contributed by atoms with E-state index in [1.807, 2.05) is 11.0 Å². The number of nitrogens with zero attached hydrogens (tertiary/aromatic N) is 4. The molecule has 5 rings (SSSR count). The highest BCUT2D eigenvalue weighted by Gasteiger charge is 2.49. The SMILES string of the molecule is Cc1cccc(N2CCN(c3ccc(N4C(=O)[C@@H]5CCCC[C@H]5C4=O)cc3[N+](=O)[O-])C[C@H]2C)c1. The van der Waals surface area contributed by atoms with Crippen LogP contribution in [-0.4, -0.2) is 42.4 Å². The Bertz CT molecular complexity index is 1130. The molecule has 8 nitrogen and oxygen atoms in total. The summed E-state index contributed by atoms with van der Waals surface area (Å²) in [6.45, 7) is 6.22. The van der Waals surface area contributed by atoms with Crippen LogP contribution in [0.2, 0.25) is 0 Å². The van der Waals surface area contributed by atoms with Gasteiger partial charge in [0.25, 0.3) is 5.69 Å². The van der Waals surface area contributed by atoms with E-state index in [2.05, 4.69) is 36.9 Å². The van der Waals surface area contributed by atoms with Crippen LogP contribution in [0.15, 0.2) is 42.5 Å². The predicted molar refractivity (Wildman–Crippen MR) is 131 cm³/mol. The van der Waals surface area contributed by atoms with Crippen molar-refractivity contribution in [3.63, 3.8) is 0 Å². The number of hydrogen-bond acceptors (Lipinski definition) is 6. The standard InChI is InChI=1S/C26H30N4O4/c1-17-6-5-7-19(14-17)28-13-12-27(16-18(28)2)23-11-10-20(15-24(23)30(33)34)29-25(31)21-8-3-4-9-22(21)26(29)32/h5-7,10-11,14-15,18,21-22H,3-4,8-9,12-13,16H2,1-2H3/t18-,21-,22-/m1/s1. The van der Waals surface area contributed by atoms with Crippen molar-refractivity contribution in [2.45, 2.75) is 45.6 Å². The van der Waals surface area contributed by atoms with Crippen molar-refractivity contribution in [2.75, 3.05) is 34.3 Å². The maximum absolute atomic E-state index is 13.0. The molecular weight excluding hydrogens is 432 g/mol. The number of hydrogen-bond donors (Lipinski definition) is 0. The molecule has 2 heterocycles. The first-order chi connectivity index (χ1) is 16.3. The van der Waals surface area contributed by atoms with Crippen molar-refractivity contribution in [3.8, 4) is 0 Å². The van der Waals surface area contributed by atoms with Gasteiger partial charge in [0.05, 0.1) is 22.4 Å². The molecule has 1 aliphatic carbocycles. The van der Waals surface area contributed by atoms with Crippen LogP contribution in [-0.2, 0) is 9.59 Å². The molecule has 8 heteroatoms. The van der Waals surface area contributed by atoms with Crippen molar-refractivity contribution in [1.29, 1.82) is 0 Å². The topological polar surface area (TPSA) is 87.0 Å². The van der Waals surface area contributed by atoms with Gasteiger partial charge in [-0.3, -0.25) is 19.7 Å². The zero-order valence-corrected chi connectivity index (χ0v) is 19.6. The van der Waals surface area contributed by atoms with Gasteiger partial charge in [0, 0.05) is 37.4 Å². The molecule has 2 aliphatic heterocycles.